The van der Waals surface area contributed by atoms with E-state index in [-0.39, 0.29) is 0 Å². The molecule has 2 rings (SSSR count). The molecule has 0 fully saturated rings. The minimum atomic E-state index is 0.311. The van der Waals surface area contributed by atoms with E-state index in [2.05, 4.69) is 53.8 Å². The van der Waals surface area contributed by atoms with Crippen LogP contribution in [0, 0.1) is 0 Å². The van der Waals surface area contributed by atoms with Crippen LogP contribution in [0.4, 0.5) is 0 Å². The molecule has 1 unspecified atom stereocenters. The van der Waals surface area contributed by atoms with Crippen molar-refractivity contribution in [3.63, 3.8) is 0 Å². The number of hydrogen-bond donors (Lipinski definition) is 1. The Hall–Kier alpha value is -1.19. The Labute approximate surface area is 107 Å². The van der Waals surface area contributed by atoms with Crippen molar-refractivity contribution >= 4 is 11.3 Å². The summed E-state index contributed by atoms with van der Waals surface area (Å²) in [4.78, 5) is 4.33. The number of nitrogens with zero attached hydrogens (tertiary/aromatic N) is 1. The first-order valence-corrected chi connectivity index (χ1v) is 6.93. The first kappa shape index (κ1) is 12.3. The highest BCUT2D eigenvalue weighted by Crippen LogP contribution is 2.14. The molecule has 90 valence electrons. The van der Waals surface area contributed by atoms with Gasteiger partial charge >= 0.3 is 0 Å². The largest absolute Gasteiger partial charge is 0.305 e. The molecule has 3 heteroatoms. The van der Waals surface area contributed by atoms with Gasteiger partial charge in [0, 0.05) is 18.0 Å². The molecular weight excluding hydrogens is 228 g/mol. The smallest absolute Gasteiger partial charge is 0.0795 e. The predicted molar refractivity (Wildman–Crippen MR) is 73.2 cm³/mol. The van der Waals surface area contributed by atoms with E-state index in [0.29, 0.717) is 6.04 Å². The van der Waals surface area contributed by atoms with Crippen LogP contribution in [0.3, 0.4) is 0 Å². The molecule has 0 aliphatic carbocycles. The molecule has 2 aromatic rings. The van der Waals surface area contributed by atoms with Gasteiger partial charge in [-0.2, -0.15) is 0 Å². The van der Waals surface area contributed by atoms with Crippen LogP contribution >= 0.6 is 11.3 Å². The summed E-state index contributed by atoms with van der Waals surface area (Å²) in [5, 5.41) is 5.62. The van der Waals surface area contributed by atoms with Crippen LogP contribution in [-0.4, -0.2) is 4.98 Å². The van der Waals surface area contributed by atoms with Crippen molar-refractivity contribution < 1.29 is 0 Å². The van der Waals surface area contributed by atoms with Gasteiger partial charge in [0.05, 0.1) is 11.2 Å². The molecule has 0 saturated carbocycles. The average molecular weight is 246 g/mol. The van der Waals surface area contributed by atoms with Crippen molar-refractivity contribution in [3.05, 3.63) is 52.0 Å². The van der Waals surface area contributed by atoms with E-state index < -0.39 is 0 Å². The van der Waals surface area contributed by atoms with Gasteiger partial charge in [0.2, 0.25) is 0 Å². The van der Waals surface area contributed by atoms with E-state index in [0.717, 1.165) is 18.7 Å². The Bertz CT molecular complexity index is 451. The number of nitrogens with one attached hydrogen (secondary N) is 1. The van der Waals surface area contributed by atoms with Crippen LogP contribution in [0.15, 0.2) is 35.2 Å². The standard InChI is InChI=1S/C14H18N2S/c1-3-12-6-4-5-7-13(12)8-15-11(2)14-9-17-10-16-14/h4-7,9-11,15H,3,8H2,1-2H3. The maximum absolute atomic E-state index is 4.33. The summed E-state index contributed by atoms with van der Waals surface area (Å²) >= 11 is 1.65. The lowest BCUT2D eigenvalue weighted by molar-refractivity contribution is 0.562. The fraction of sp³-hybridized carbons (Fsp3) is 0.357. The molecule has 17 heavy (non-hydrogen) atoms. The Kier molecular flexibility index (Phi) is 4.29. The minimum Gasteiger partial charge on any atom is -0.305 e. The van der Waals surface area contributed by atoms with Crippen LogP contribution in [0.25, 0.3) is 0 Å². The molecule has 0 spiro atoms. The lowest BCUT2D eigenvalue weighted by Crippen LogP contribution is -2.19. The summed E-state index contributed by atoms with van der Waals surface area (Å²) < 4.78 is 0. The van der Waals surface area contributed by atoms with Gasteiger partial charge in [-0.05, 0) is 24.5 Å². The van der Waals surface area contributed by atoms with E-state index in [1.165, 1.54) is 11.1 Å². The lowest BCUT2D eigenvalue weighted by atomic mass is 10.1. The zero-order valence-electron chi connectivity index (χ0n) is 10.3. The molecule has 1 atom stereocenters. The van der Waals surface area contributed by atoms with Gasteiger partial charge in [-0.3, -0.25) is 0 Å². The topological polar surface area (TPSA) is 24.9 Å². The molecule has 0 amide bonds. The third-order valence-electron chi connectivity index (χ3n) is 2.99. The normalized spacial score (nSPS) is 12.6. The van der Waals surface area contributed by atoms with Crippen molar-refractivity contribution in [2.75, 3.05) is 0 Å². The molecule has 1 aromatic carbocycles. The first-order valence-electron chi connectivity index (χ1n) is 5.99. The van der Waals surface area contributed by atoms with Crippen molar-refractivity contribution in [2.24, 2.45) is 0 Å². The first-order chi connectivity index (χ1) is 8.31. The second-order valence-corrected chi connectivity index (χ2v) is 4.86. The molecule has 0 radical (unpaired) electrons. The summed E-state index contributed by atoms with van der Waals surface area (Å²) in [5.41, 5.74) is 5.82. The maximum atomic E-state index is 4.33. The molecule has 0 aliphatic heterocycles. The van der Waals surface area contributed by atoms with Crippen molar-refractivity contribution in [1.82, 2.24) is 10.3 Å². The number of benzene rings is 1. The second-order valence-electron chi connectivity index (χ2n) is 4.14. The number of hydrogen-bond acceptors (Lipinski definition) is 3. The van der Waals surface area contributed by atoms with Crippen LogP contribution < -0.4 is 5.32 Å². The van der Waals surface area contributed by atoms with Gasteiger partial charge in [-0.25, -0.2) is 4.98 Å². The van der Waals surface area contributed by atoms with E-state index >= 15 is 0 Å². The minimum absolute atomic E-state index is 0.311. The number of thiazole rings is 1. The SMILES string of the molecule is CCc1ccccc1CNC(C)c1cscn1. The lowest BCUT2D eigenvalue weighted by Gasteiger charge is -2.13. The van der Waals surface area contributed by atoms with Crippen molar-refractivity contribution in [3.8, 4) is 0 Å². The summed E-state index contributed by atoms with van der Waals surface area (Å²) in [6, 6.07) is 8.91. The third-order valence-corrected chi connectivity index (χ3v) is 3.60. The average Bonchev–Trinajstić information content (AvgIpc) is 2.90. The molecule has 2 nitrogen and oxygen atoms in total. The quantitative estimate of drug-likeness (QED) is 0.872. The summed E-state index contributed by atoms with van der Waals surface area (Å²) in [6.45, 7) is 5.26. The van der Waals surface area contributed by atoms with Gasteiger partial charge in [0.1, 0.15) is 0 Å². The summed E-state index contributed by atoms with van der Waals surface area (Å²) in [7, 11) is 0. The van der Waals surface area contributed by atoms with E-state index in [1.54, 1.807) is 11.3 Å². The number of aryl methyl sites for hydroxylation is 1. The number of rotatable bonds is 5. The Morgan fingerprint density at radius 1 is 1.29 bits per heavy atom. The Balaban J connectivity index is 1.98. The van der Waals surface area contributed by atoms with Crippen molar-refractivity contribution in [1.29, 1.82) is 0 Å². The van der Waals surface area contributed by atoms with Crippen LogP contribution in [-0.2, 0) is 13.0 Å². The fourth-order valence-electron chi connectivity index (χ4n) is 1.88. The summed E-state index contributed by atoms with van der Waals surface area (Å²) in [5.74, 6) is 0. The fourth-order valence-corrected chi connectivity index (χ4v) is 2.53. The zero-order chi connectivity index (χ0) is 12.1. The molecule has 0 saturated heterocycles. The number of aromatic nitrogens is 1. The molecule has 0 bridgehead atoms. The van der Waals surface area contributed by atoms with Gasteiger partial charge < -0.3 is 5.32 Å². The van der Waals surface area contributed by atoms with E-state index in [1.807, 2.05) is 5.51 Å². The summed E-state index contributed by atoms with van der Waals surface area (Å²) in [6.07, 6.45) is 1.09. The molecule has 0 aliphatic rings. The van der Waals surface area contributed by atoms with E-state index in [9.17, 15) is 0 Å². The van der Waals surface area contributed by atoms with Crippen LogP contribution in [0.2, 0.25) is 0 Å². The maximum Gasteiger partial charge on any atom is 0.0795 e. The highest BCUT2D eigenvalue weighted by Gasteiger charge is 2.07. The molecule has 1 N–H and O–H groups in total. The molecule has 1 aromatic heterocycles. The van der Waals surface area contributed by atoms with Gasteiger partial charge in [0.15, 0.2) is 0 Å². The Morgan fingerprint density at radius 3 is 2.71 bits per heavy atom. The van der Waals surface area contributed by atoms with Crippen LogP contribution in [0.1, 0.15) is 36.7 Å². The Morgan fingerprint density at radius 2 is 2.06 bits per heavy atom. The van der Waals surface area contributed by atoms with Crippen molar-refractivity contribution in [2.45, 2.75) is 32.9 Å². The molecular formula is C14H18N2S. The monoisotopic (exact) mass is 246 g/mol. The second kappa shape index (κ2) is 5.94. The molecule has 1 heterocycles. The zero-order valence-corrected chi connectivity index (χ0v) is 11.1. The van der Waals surface area contributed by atoms with Gasteiger partial charge in [0.25, 0.3) is 0 Å². The highest BCUT2D eigenvalue weighted by molar-refractivity contribution is 7.07. The van der Waals surface area contributed by atoms with Crippen LogP contribution in [0.5, 0.6) is 0 Å². The van der Waals surface area contributed by atoms with Gasteiger partial charge in [-0.15, -0.1) is 11.3 Å². The third kappa shape index (κ3) is 3.14. The highest BCUT2D eigenvalue weighted by atomic mass is 32.1. The van der Waals surface area contributed by atoms with Gasteiger partial charge in [-0.1, -0.05) is 31.2 Å². The predicted octanol–water partition coefficient (Wildman–Crippen LogP) is 3.56. The van der Waals surface area contributed by atoms with E-state index in [4.69, 9.17) is 0 Å².